The van der Waals surface area contributed by atoms with Gasteiger partial charge in [-0.1, -0.05) is 0 Å². The highest BCUT2D eigenvalue weighted by Crippen LogP contribution is 2.52. The molecule has 130 valence electrons. The van der Waals surface area contributed by atoms with Crippen LogP contribution in [0.4, 0.5) is 8.78 Å². The van der Waals surface area contributed by atoms with E-state index in [-0.39, 0.29) is 29.1 Å². The van der Waals surface area contributed by atoms with Crippen molar-refractivity contribution < 1.29 is 18.4 Å². The number of aromatic nitrogens is 2. The molecule has 2 unspecified atom stereocenters. The minimum atomic E-state index is -0.677. The Morgan fingerprint density at radius 3 is 2.54 bits per heavy atom. The number of aryl methyl sites for hydroxylation is 1. The van der Waals surface area contributed by atoms with Crippen LogP contribution in [0.3, 0.4) is 0 Å². The summed E-state index contributed by atoms with van der Waals surface area (Å²) in [4.78, 5) is 22.9. The Labute approximate surface area is 139 Å². The molecular weight excluding hydrogens is 316 g/mol. The summed E-state index contributed by atoms with van der Waals surface area (Å²) in [6.45, 7) is 3.14. The third-order valence-electron chi connectivity index (χ3n) is 4.33. The highest BCUT2D eigenvalue weighted by Gasteiger charge is 2.45. The predicted molar refractivity (Wildman–Crippen MR) is 85.5 cm³/mol. The quantitative estimate of drug-likeness (QED) is 0.776. The van der Waals surface area contributed by atoms with E-state index in [2.05, 4.69) is 15.5 Å². The molecule has 1 saturated carbocycles. The summed E-state index contributed by atoms with van der Waals surface area (Å²) in [5.41, 5.74) is 2.13. The number of carbonyl (C=O) groups is 2. The largest absolute Gasteiger partial charge is 0.332 e. The predicted octanol–water partition coefficient (Wildman–Crippen LogP) is 2.51. The highest BCUT2D eigenvalue weighted by molar-refractivity contribution is 6.19. The zero-order chi connectivity index (χ0) is 17.9. The molecule has 0 saturated heterocycles. The molecule has 0 aromatic carbocycles. The van der Waals surface area contributed by atoms with E-state index >= 15 is 0 Å². The zero-order valence-corrected chi connectivity index (χ0v) is 14.0. The summed E-state index contributed by atoms with van der Waals surface area (Å²) < 4.78 is 25.7. The van der Waals surface area contributed by atoms with Crippen molar-refractivity contribution in [2.45, 2.75) is 33.1 Å². The second-order valence-electron chi connectivity index (χ2n) is 6.16. The molecule has 0 spiro atoms. The Morgan fingerprint density at radius 2 is 2.00 bits per heavy atom. The number of rotatable bonds is 7. The molecule has 0 aliphatic heterocycles. The monoisotopic (exact) mass is 337 g/mol. The van der Waals surface area contributed by atoms with Gasteiger partial charge in [0.1, 0.15) is 0 Å². The van der Waals surface area contributed by atoms with Gasteiger partial charge in [-0.3, -0.25) is 18.4 Å². The molecule has 1 aliphatic rings. The van der Waals surface area contributed by atoms with E-state index in [1.807, 2.05) is 0 Å². The second kappa shape index (κ2) is 7.59. The van der Waals surface area contributed by atoms with Crippen LogP contribution < -0.4 is 5.32 Å². The Balaban J connectivity index is 2.30. The summed E-state index contributed by atoms with van der Waals surface area (Å²) in [7, 11) is 0. The standard InChI is InChI=1S/C17H21F2N3O2/c1-9-13(15-4-14(15)12(6-18)7-19)5-17(22-21-9)16(10(2)23)8-20-11(3)24/h5,8,12,14-15H,4,6-7H2,1-3H3,(H,20,24)/b16-8+. The van der Waals surface area contributed by atoms with Crippen molar-refractivity contribution >= 4 is 17.3 Å². The molecule has 1 aromatic heterocycles. The molecule has 0 radical (unpaired) electrons. The summed E-state index contributed by atoms with van der Waals surface area (Å²) in [6.07, 6.45) is 2.01. The van der Waals surface area contributed by atoms with Gasteiger partial charge < -0.3 is 5.32 Å². The molecule has 1 fully saturated rings. The van der Waals surface area contributed by atoms with Crippen LogP contribution in [0.5, 0.6) is 0 Å². The summed E-state index contributed by atoms with van der Waals surface area (Å²) in [5.74, 6) is -1.16. The summed E-state index contributed by atoms with van der Waals surface area (Å²) in [6, 6.07) is 1.73. The lowest BCUT2D eigenvalue weighted by Gasteiger charge is -2.11. The van der Waals surface area contributed by atoms with Gasteiger partial charge in [-0.05, 0) is 43.7 Å². The number of halogens is 2. The molecule has 1 aliphatic carbocycles. The van der Waals surface area contributed by atoms with Gasteiger partial charge in [-0.15, -0.1) is 0 Å². The van der Waals surface area contributed by atoms with Crippen LogP contribution in [-0.4, -0.2) is 35.2 Å². The average molecular weight is 337 g/mol. The highest BCUT2D eigenvalue weighted by atomic mass is 19.1. The van der Waals surface area contributed by atoms with Gasteiger partial charge in [0, 0.05) is 19.0 Å². The summed E-state index contributed by atoms with van der Waals surface area (Å²) >= 11 is 0. The van der Waals surface area contributed by atoms with Crippen molar-refractivity contribution in [1.29, 1.82) is 0 Å². The average Bonchev–Trinajstić information content (AvgIpc) is 3.30. The number of Topliss-reactive ketones (excluding diaryl/α,β-unsaturated/α-hetero) is 1. The molecule has 7 heteroatoms. The second-order valence-corrected chi connectivity index (χ2v) is 6.16. The number of hydrogen-bond donors (Lipinski definition) is 1. The number of nitrogens with one attached hydrogen (secondary N) is 1. The van der Waals surface area contributed by atoms with Crippen molar-refractivity contribution in [3.8, 4) is 0 Å². The Bertz CT molecular complexity index is 672. The van der Waals surface area contributed by atoms with Crippen LogP contribution in [0.25, 0.3) is 5.57 Å². The third-order valence-corrected chi connectivity index (χ3v) is 4.33. The number of allylic oxidation sites excluding steroid dienone is 1. The first-order valence-electron chi connectivity index (χ1n) is 7.83. The fourth-order valence-corrected chi connectivity index (χ4v) is 2.87. The lowest BCUT2D eigenvalue weighted by molar-refractivity contribution is -0.118. The molecule has 1 amide bonds. The van der Waals surface area contributed by atoms with E-state index in [9.17, 15) is 18.4 Å². The summed E-state index contributed by atoms with van der Waals surface area (Å²) in [5, 5.41) is 10.6. The first-order chi connectivity index (χ1) is 11.4. The molecule has 1 aromatic rings. The van der Waals surface area contributed by atoms with Crippen molar-refractivity contribution in [3.05, 3.63) is 29.2 Å². The molecule has 2 rings (SSSR count). The smallest absolute Gasteiger partial charge is 0.220 e. The van der Waals surface area contributed by atoms with Crippen LogP contribution in [0.1, 0.15) is 43.1 Å². The Kier molecular flexibility index (Phi) is 5.75. The number of hydrogen-bond acceptors (Lipinski definition) is 4. The van der Waals surface area contributed by atoms with E-state index in [4.69, 9.17) is 0 Å². The van der Waals surface area contributed by atoms with Gasteiger partial charge in [-0.2, -0.15) is 10.2 Å². The number of ketones is 1. The minimum Gasteiger partial charge on any atom is -0.332 e. The van der Waals surface area contributed by atoms with Gasteiger partial charge >= 0.3 is 0 Å². The van der Waals surface area contributed by atoms with Crippen LogP contribution in [0, 0.1) is 18.8 Å². The molecule has 0 bridgehead atoms. The SMILES string of the molecule is CC(=O)N/C=C(\C(C)=O)c1cc(C2CC2C(CF)CF)c(C)nn1. The molecular formula is C17H21F2N3O2. The van der Waals surface area contributed by atoms with E-state index in [0.29, 0.717) is 17.8 Å². The van der Waals surface area contributed by atoms with Crippen molar-refractivity contribution in [2.75, 3.05) is 13.3 Å². The number of alkyl halides is 2. The first-order valence-corrected chi connectivity index (χ1v) is 7.83. The van der Waals surface area contributed by atoms with Gasteiger partial charge in [0.2, 0.25) is 5.91 Å². The van der Waals surface area contributed by atoms with E-state index in [1.54, 1.807) is 13.0 Å². The Morgan fingerprint density at radius 1 is 1.33 bits per heavy atom. The number of nitrogens with zero attached hydrogens (tertiary/aromatic N) is 2. The lowest BCUT2D eigenvalue weighted by atomic mass is 9.99. The van der Waals surface area contributed by atoms with E-state index in [1.165, 1.54) is 20.0 Å². The number of amides is 1. The van der Waals surface area contributed by atoms with E-state index < -0.39 is 19.3 Å². The normalized spacial score (nSPS) is 20.2. The van der Waals surface area contributed by atoms with Crippen molar-refractivity contribution in [3.63, 3.8) is 0 Å². The minimum absolute atomic E-state index is 0.0322. The molecule has 24 heavy (non-hydrogen) atoms. The molecule has 2 atom stereocenters. The van der Waals surface area contributed by atoms with Gasteiger partial charge in [-0.25, -0.2) is 0 Å². The fourth-order valence-electron chi connectivity index (χ4n) is 2.87. The fraction of sp³-hybridized carbons (Fsp3) is 0.529. The van der Waals surface area contributed by atoms with Crippen molar-refractivity contribution in [2.24, 2.45) is 11.8 Å². The topological polar surface area (TPSA) is 72.0 Å². The molecule has 5 nitrogen and oxygen atoms in total. The van der Waals surface area contributed by atoms with E-state index in [0.717, 1.165) is 5.56 Å². The van der Waals surface area contributed by atoms with Crippen LogP contribution >= 0.6 is 0 Å². The maximum atomic E-state index is 12.9. The maximum absolute atomic E-state index is 12.9. The van der Waals surface area contributed by atoms with Gasteiger partial charge in [0.15, 0.2) is 5.78 Å². The van der Waals surface area contributed by atoms with Crippen molar-refractivity contribution in [1.82, 2.24) is 15.5 Å². The molecule has 1 N–H and O–H groups in total. The maximum Gasteiger partial charge on any atom is 0.220 e. The number of carbonyl (C=O) groups excluding carboxylic acids is 2. The zero-order valence-electron chi connectivity index (χ0n) is 14.0. The van der Waals surface area contributed by atoms with Crippen LogP contribution in [0.2, 0.25) is 0 Å². The van der Waals surface area contributed by atoms with Crippen LogP contribution in [0.15, 0.2) is 12.3 Å². The molecule has 1 heterocycles. The van der Waals surface area contributed by atoms with Gasteiger partial charge in [0.05, 0.1) is 30.3 Å². The third kappa shape index (κ3) is 4.01. The Hall–Kier alpha value is -2.18. The lowest BCUT2D eigenvalue weighted by Crippen LogP contribution is -2.15. The van der Waals surface area contributed by atoms with Crippen LogP contribution in [-0.2, 0) is 9.59 Å². The van der Waals surface area contributed by atoms with Gasteiger partial charge in [0.25, 0.3) is 0 Å². The first kappa shape index (κ1) is 18.2.